The maximum atomic E-state index is 12.8. The average molecular weight is 386 g/mol. The number of piperidine rings is 1. The zero-order chi connectivity index (χ0) is 19.2. The maximum absolute atomic E-state index is 12.8. The fourth-order valence-corrected chi connectivity index (χ4v) is 4.19. The molecule has 2 aromatic rings. The summed E-state index contributed by atoms with van der Waals surface area (Å²) in [5.41, 5.74) is 1.53. The Morgan fingerprint density at radius 1 is 1.22 bits per heavy atom. The molecule has 0 N–H and O–H groups in total. The van der Waals surface area contributed by atoms with Gasteiger partial charge in [-0.05, 0) is 19.3 Å². The van der Waals surface area contributed by atoms with Crippen LogP contribution in [0, 0.1) is 5.92 Å². The van der Waals surface area contributed by atoms with E-state index in [1.807, 2.05) is 52.6 Å². The number of thiazole rings is 1. The zero-order valence-electron chi connectivity index (χ0n) is 16.1. The second-order valence-corrected chi connectivity index (χ2v) is 7.94. The first-order chi connectivity index (χ1) is 13.1. The molecule has 0 unspecified atom stereocenters. The van der Waals surface area contributed by atoms with E-state index in [-0.39, 0.29) is 17.7 Å². The van der Waals surface area contributed by atoms with Crippen LogP contribution in [-0.4, -0.2) is 53.3 Å². The first-order valence-corrected chi connectivity index (χ1v) is 10.5. The van der Waals surface area contributed by atoms with Gasteiger partial charge in [-0.3, -0.25) is 9.59 Å². The van der Waals surface area contributed by atoms with Crippen molar-refractivity contribution in [1.82, 2.24) is 14.8 Å². The molecule has 1 aromatic heterocycles. The number of amides is 2. The van der Waals surface area contributed by atoms with Crippen LogP contribution in [0.5, 0.6) is 0 Å². The molecular weight excluding hydrogens is 358 g/mol. The van der Waals surface area contributed by atoms with Gasteiger partial charge in [0.25, 0.3) is 5.91 Å². The van der Waals surface area contributed by atoms with Gasteiger partial charge in [0.05, 0.1) is 0 Å². The first kappa shape index (κ1) is 19.5. The largest absolute Gasteiger partial charge is 0.346 e. The summed E-state index contributed by atoms with van der Waals surface area (Å²) in [6.07, 6.45) is 3.59. The third-order valence-electron chi connectivity index (χ3n) is 5.10. The highest BCUT2D eigenvalue weighted by molar-refractivity contribution is 7.13. The molecule has 5 nitrogen and oxygen atoms in total. The van der Waals surface area contributed by atoms with E-state index in [9.17, 15) is 9.59 Å². The second kappa shape index (κ2) is 9.13. The number of unbranched alkanes of at least 4 members (excludes halogenated alkanes) is 1. The summed E-state index contributed by atoms with van der Waals surface area (Å²) in [7, 11) is 1.88. The van der Waals surface area contributed by atoms with E-state index < -0.39 is 0 Å². The molecule has 3 rings (SSSR count). The molecule has 0 atom stereocenters. The second-order valence-electron chi connectivity index (χ2n) is 7.08. The number of likely N-dealkylation sites (tertiary alicyclic amines) is 1. The Bertz CT molecular complexity index is 767. The molecule has 0 spiro atoms. The van der Waals surface area contributed by atoms with Crippen LogP contribution in [0.2, 0.25) is 0 Å². The molecule has 1 aliphatic heterocycles. The van der Waals surface area contributed by atoms with E-state index in [1.165, 1.54) is 11.3 Å². The van der Waals surface area contributed by atoms with Crippen LogP contribution in [0.15, 0.2) is 35.7 Å². The monoisotopic (exact) mass is 385 g/mol. The van der Waals surface area contributed by atoms with Crippen LogP contribution in [0.3, 0.4) is 0 Å². The van der Waals surface area contributed by atoms with Crippen LogP contribution in [0.25, 0.3) is 10.6 Å². The Balaban J connectivity index is 1.56. The van der Waals surface area contributed by atoms with Gasteiger partial charge in [-0.15, -0.1) is 11.3 Å². The molecule has 1 aromatic carbocycles. The summed E-state index contributed by atoms with van der Waals surface area (Å²) in [6.45, 7) is 4.18. The van der Waals surface area contributed by atoms with Crippen molar-refractivity contribution in [2.45, 2.75) is 32.6 Å². The number of hydrogen-bond donors (Lipinski definition) is 0. The molecule has 27 heavy (non-hydrogen) atoms. The number of aromatic nitrogens is 1. The minimum Gasteiger partial charge on any atom is -0.346 e. The molecule has 0 saturated carbocycles. The summed E-state index contributed by atoms with van der Waals surface area (Å²) >= 11 is 1.49. The lowest BCUT2D eigenvalue weighted by Crippen LogP contribution is -2.43. The van der Waals surface area contributed by atoms with Gasteiger partial charge in [-0.25, -0.2) is 4.98 Å². The highest BCUT2D eigenvalue weighted by atomic mass is 32.1. The van der Waals surface area contributed by atoms with Crippen molar-refractivity contribution in [1.29, 1.82) is 0 Å². The lowest BCUT2D eigenvalue weighted by Gasteiger charge is -2.33. The molecule has 144 valence electrons. The van der Waals surface area contributed by atoms with Crippen molar-refractivity contribution in [2.24, 2.45) is 5.92 Å². The normalized spacial score (nSPS) is 15.0. The van der Waals surface area contributed by atoms with Crippen LogP contribution in [-0.2, 0) is 4.79 Å². The van der Waals surface area contributed by atoms with Gasteiger partial charge in [0.15, 0.2) is 0 Å². The molecule has 0 aliphatic carbocycles. The highest BCUT2D eigenvalue weighted by Crippen LogP contribution is 2.25. The maximum Gasteiger partial charge on any atom is 0.273 e. The number of hydrogen-bond acceptors (Lipinski definition) is 4. The quantitative estimate of drug-likeness (QED) is 0.757. The molecule has 0 radical (unpaired) electrons. The Kier molecular flexibility index (Phi) is 6.61. The first-order valence-electron chi connectivity index (χ1n) is 9.65. The minimum atomic E-state index is -0.0290. The summed E-state index contributed by atoms with van der Waals surface area (Å²) in [6, 6.07) is 9.90. The van der Waals surface area contributed by atoms with Crippen molar-refractivity contribution in [2.75, 3.05) is 26.7 Å². The van der Waals surface area contributed by atoms with E-state index in [0.29, 0.717) is 18.8 Å². The van der Waals surface area contributed by atoms with Gasteiger partial charge in [0.1, 0.15) is 10.7 Å². The van der Waals surface area contributed by atoms with E-state index >= 15 is 0 Å². The zero-order valence-corrected chi connectivity index (χ0v) is 16.9. The van der Waals surface area contributed by atoms with Crippen LogP contribution in [0.4, 0.5) is 0 Å². The average Bonchev–Trinajstić information content (AvgIpc) is 3.22. The summed E-state index contributed by atoms with van der Waals surface area (Å²) in [5.74, 6) is 0.223. The molecule has 1 aliphatic rings. The Morgan fingerprint density at radius 3 is 2.59 bits per heavy atom. The predicted octanol–water partition coefficient (Wildman–Crippen LogP) is 3.92. The SMILES string of the molecule is CCCCN(C)C(=O)C1CCN(C(=O)c2csc(-c3ccccc3)n2)CC1. The lowest BCUT2D eigenvalue weighted by molar-refractivity contribution is -0.135. The van der Waals surface area contributed by atoms with E-state index in [1.54, 1.807) is 0 Å². The van der Waals surface area contributed by atoms with E-state index in [0.717, 1.165) is 42.8 Å². The van der Waals surface area contributed by atoms with Gasteiger partial charge in [0, 0.05) is 43.5 Å². The van der Waals surface area contributed by atoms with Crippen LogP contribution >= 0.6 is 11.3 Å². The van der Waals surface area contributed by atoms with Crippen molar-refractivity contribution in [3.05, 3.63) is 41.4 Å². The van der Waals surface area contributed by atoms with Gasteiger partial charge in [-0.1, -0.05) is 43.7 Å². The van der Waals surface area contributed by atoms with E-state index in [2.05, 4.69) is 11.9 Å². The number of benzene rings is 1. The fraction of sp³-hybridized carbons (Fsp3) is 0.476. The van der Waals surface area contributed by atoms with Crippen LogP contribution in [0.1, 0.15) is 43.1 Å². The molecular formula is C21H27N3O2S. The predicted molar refractivity (Wildman–Crippen MR) is 109 cm³/mol. The Hall–Kier alpha value is -2.21. The standard InChI is InChI=1S/C21H27N3O2S/c1-3-4-12-23(2)20(25)17-10-13-24(14-11-17)21(26)18-15-27-19(22-18)16-8-6-5-7-9-16/h5-9,15,17H,3-4,10-14H2,1-2H3. The third kappa shape index (κ3) is 4.75. The topological polar surface area (TPSA) is 53.5 Å². The summed E-state index contributed by atoms with van der Waals surface area (Å²) in [4.78, 5) is 33.5. The van der Waals surface area contributed by atoms with Crippen molar-refractivity contribution in [3.63, 3.8) is 0 Å². The number of carbonyl (C=O) groups is 2. The molecule has 1 fully saturated rings. The fourth-order valence-electron chi connectivity index (χ4n) is 3.39. The van der Waals surface area contributed by atoms with Crippen LogP contribution < -0.4 is 0 Å². The van der Waals surface area contributed by atoms with Gasteiger partial charge in [-0.2, -0.15) is 0 Å². The van der Waals surface area contributed by atoms with Gasteiger partial charge >= 0.3 is 0 Å². The van der Waals surface area contributed by atoms with Crippen molar-refractivity contribution >= 4 is 23.2 Å². The lowest BCUT2D eigenvalue weighted by atomic mass is 9.95. The molecule has 2 amide bonds. The van der Waals surface area contributed by atoms with Gasteiger partial charge < -0.3 is 9.80 Å². The molecule has 1 saturated heterocycles. The van der Waals surface area contributed by atoms with Gasteiger partial charge in [0.2, 0.25) is 5.91 Å². The minimum absolute atomic E-state index is 0.0290. The van der Waals surface area contributed by atoms with Crippen molar-refractivity contribution in [3.8, 4) is 10.6 Å². The number of rotatable bonds is 6. The van der Waals surface area contributed by atoms with Crippen molar-refractivity contribution < 1.29 is 9.59 Å². The summed E-state index contributed by atoms with van der Waals surface area (Å²) in [5, 5.41) is 2.70. The third-order valence-corrected chi connectivity index (χ3v) is 5.99. The number of carbonyl (C=O) groups excluding carboxylic acids is 2. The van der Waals surface area contributed by atoms with E-state index in [4.69, 9.17) is 0 Å². The Morgan fingerprint density at radius 2 is 1.93 bits per heavy atom. The molecule has 6 heteroatoms. The molecule has 2 heterocycles. The smallest absolute Gasteiger partial charge is 0.273 e. The number of nitrogens with zero attached hydrogens (tertiary/aromatic N) is 3. The summed E-state index contributed by atoms with van der Waals surface area (Å²) < 4.78 is 0. The molecule has 0 bridgehead atoms. The Labute approximate surface area is 165 Å². The highest BCUT2D eigenvalue weighted by Gasteiger charge is 2.30.